The molecule has 0 fully saturated rings. The Labute approximate surface area is 87.7 Å². The second-order valence-electron chi connectivity index (χ2n) is 3.40. The van der Waals surface area contributed by atoms with E-state index in [2.05, 4.69) is 10.6 Å². The highest BCUT2D eigenvalue weighted by molar-refractivity contribution is 4.53. The van der Waals surface area contributed by atoms with Crippen molar-refractivity contribution >= 4 is 0 Å². The summed E-state index contributed by atoms with van der Waals surface area (Å²) in [4.78, 5) is 0. The fraction of sp³-hybridized carbons (Fsp3) is 1.00. The fourth-order valence-corrected chi connectivity index (χ4v) is 0.676. The van der Waals surface area contributed by atoms with Gasteiger partial charge in [-0.1, -0.05) is 0 Å². The van der Waals surface area contributed by atoms with Gasteiger partial charge in [0.05, 0.1) is 0 Å². The fourth-order valence-electron chi connectivity index (χ4n) is 0.676. The van der Waals surface area contributed by atoms with Gasteiger partial charge in [0, 0.05) is 25.3 Å². The monoisotopic (exact) mass is 206 g/mol. The number of rotatable bonds is 6. The van der Waals surface area contributed by atoms with Gasteiger partial charge in [-0.15, -0.1) is 0 Å². The molecule has 0 aromatic carbocycles. The van der Waals surface area contributed by atoms with E-state index in [1.54, 1.807) is 0 Å². The van der Waals surface area contributed by atoms with Crippen molar-refractivity contribution < 1.29 is 10.2 Å². The van der Waals surface area contributed by atoms with E-state index >= 15 is 0 Å². The van der Waals surface area contributed by atoms with Crippen molar-refractivity contribution in [3.63, 3.8) is 0 Å². The lowest BCUT2D eigenvalue weighted by Gasteiger charge is -2.04. The van der Waals surface area contributed by atoms with Crippen LogP contribution in [0.2, 0.25) is 0 Å². The van der Waals surface area contributed by atoms with Crippen LogP contribution in [0.3, 0.4) is 0 Å². The predicted molar refractivity (Wildman–Crippen MR) is 60.4 cm³/mol. The van der Waals surface area contributed by atoms with E-state index in [1.807, 2.05) is 27.9 Å². The molecule has 0 saturated carbocycles. The first-order chi connectivity index (χ1) is 6.62. The quantitative estimate of drug-likeness (QED) is 0.492. The van der Waals surface area contributed by atoms with Gasteiger partial charge in [0.1, 0.15) is 0 Å². The van der Waals surface area contributed by atoms with Crippen LogP contribution in [0.5, 0.6) is 0 Å². The van der Waals surface area contributed by atoms with Crippen LogP contribution in [0.25, 0.3) is 0 Å². The Morgan fingerprint density at radius 1 is 0.857 bits per heavy atom. The zero-order valence-electron chi connectivity index (χ0n) is 9.88. The summed E-state index contributed by atoms with van der Waals surface area (Å²) >= 11 is 0. The summed E-state index contributed by atoms with van der Waals surface area (Å²) in [6.07, 6.45) is 1.69. The number of nitrogens with one attached hydrogen (secondary N) is 2. The van der Waals surface area contributed by atoms with E-state index in [-0.39, 0.29) is 13.2 Å². The van der Waals surface area contributed by atoms with Crippen molar-refractivity contribution in [2.24, 2.45) is 0 Å². The molecular formula is C10H26N2O2. The third kappa shape index (κ3) is 14.4. The lowest BCUT2D eigenvalue weighted by molar-refractivity contribution is 0.271. The highest BCUT2D eigenvalue weighted by Gasteiger charge is 1.92. The molecule has 0 spiro atoms. The minimum Gasteiger partial charge on any atom is -0.396 e. The average molecular weight is 206 g/mol. The maximum Gasteiger partial charge on any atom is 0.0445 e. The lowest BCUT2D eigenvalue weighted by Crippen LogP contribution is -2.21. The van der Waals surface area contributed by atoms with Gasteiger partial charge in [-0.05, 0) is 40.8 Å². The zero-order valence-corrected chi connectivity index (χ0v) is 9.88. The van der Waals surface area contributed by atoms with Gasteiger partial charge in [-0.2, -0.15) is 0 Å². The molecule has 0 aliphatic carbocycles. The largest absolute Gasteiger partial charge is 0.396 e. The van der Waals surface area contributed by atoms with Crippen molar-refractivity contribution in [1.82, 2.24) is 10.6 Å². The Morgan fingerprint density at radius 3 is 1.21 bits per heavy atom. The van der Waals surface area contributed by atoms with E-state index in [1.165, 1.54) is 0 Å². The molecular weight excluding hydrogens is 180 g/mol. The summed E-state index contributed by atoms with van der Waals surface area (Å²) in [7, 11) is 3.78. The van der Waals surface area contributed by atoms with Crippen molar-refractivity contribution in [3.8, 4) is 0 Å². The Hall–Kier alpha value is -0.160. The standard InChI is InChI=1S/2C5H13NO/c2*1-5(6-2)3-4-7/h2*5-7H,3-4H2,1-2H3. The summed E-state index contributed by atoms with van der Waals surface area (Å²) in [5.74, 6) is 0. The average Bonchev–Trinajstić information content (AvgIpc) is 2.19. The lowest BCUT2D eigenvalue weighted by atomic mass is 10.2. The van der Waals surface area contributed by atoms with E-state index in [0.717, 1.165) is 12.8 Å². The minimum atomic E-state index is 0.280. The number of hydrogen-bond donors (Lipinski definition) is 4. The predicted octanol–water partition coefficient (Wildman–Crippen LogP) is -0.0466. The molecule has 0 saturated heterocycles. The van der Waals surface area contributed by atoms with Crippen LogP contribution < -0.4 is 10.6 Å². The van der Waals surface area contributed by atoms with Crippen molar-refractivity contribution in [3.05, 3.63) is 0 Å². The molecule has 88 valence electrons. The molecule has 4 N–H and O–H groups in total. The molecule has 0 heterocycles. The van der Waals surface area contributed by atoms with Gasteiger partial charge in [0.2, 0.25) is 0 Å². The molecule has 0 aromatic heterocycles. The molecule has 0 aliphatic rings. The van der Waals surface area contributed by atoms with Gasteiger partial charge in [-0.25, -0.2) is 0 Å². The first-order valence-electron chi connectivity index (χ1n) is 5.18. The molecule has 4 heteroatoms. The smallest absolute Gasteiger partial charge is 0.0445 e. The Balaban J connectivity index is 0. The molecule has 14 heavy (non-hydrogen) atoms. The van der Waals surface area contributed by atoms with Gasteiger partial charge < -0.3 is 20.8 Å². The van der Waals surface area contributed by atoms with Crippen LogP contribution in [0.4, 0.5) is 0 Å². The number of aliphatic hydroxyl groups is 2. The Bertz CT molecular complexity index is 90.1. The van der Waals surface area contributed by atoms with Crippen molar-refractivity contribution in [2.75, 3.05) is 27.3 Å². The van der Waals surface area contributed by atoms with Crippen molar-refractivity contribution in [2.45, 2.75) is 38.8 Å². The highest BCUT2D eigenvalue weighted by Crippen LogP contribution is 1.84. The SMILES string of the molecule is CNC(C)CCO.CNC(C)CCO. The van der Waals surface area contributed by atoms with Gasteiger partial charge in [-0.3, -0.25) is 0 Å². The molecule has 0 radical (unpaired) electrons. The Morgan fingerprint density at radius 2 is 1.14 bits per heavy atom. The molecule has 0 bridgehead atoms. The minimum absolute atomic E-state index is 0.280. The summed E-state index contributed by atoms with van der Waals surface area (Å²) in [6, 6.07) is 0.898. The summed E-state index contributed by atoms with van der Waals surface area (Å²) < 4.78 is 0. The van der Waals surface area contributed by atoms with Crippen molar-refractivity contribution in [1.29, 1.82) is 0 Å². The zero-order chi connectivity index (χ0) is 11.4. The van der Waals surface area contributed by atoms with Crippen LogP contribution in [0.1, 0.15) is 26.7 Å². The third-order valence-electron chi connectivity index (χ3n) is 2.11. The Kier molecular flexibility index (Phi) is 14.9. The van der Waals surface area contributed by atoms with Gasteiger partial charge in [0.25, 0.3) is 0 Å². The maximum atomic E-state index is 8.33. The molecule has 4 nitrogen and oxygen atoms in total. The maximum absolute atomic E-state index is 8.33. The third-order valence-corrected chi connectivity index (χ3v) is 2.11. The number of hydrogen-bond acceptors (Lipinski definition) is 4. The van der Waals surface area contributed by atoms with Crippen LogP contribution >= 0.6 is 0 Å². The van der Waals surface area contributed by atoms with E-state index in [4.69, 9.17) is 10.2 Å². The molecule has 0 amide bonds. The van der Waals surface area contributed by atoms with E-state index in [9.17, 15) is 0 Å². The van der Waals surface area contributed by atoms with Crippen LogP contribution in [0, 0.1) is 0 Å². The van der Waals surface area contributed by atoms with E-state index in [0.29, 0.717) is 12.1 Å². The molecule has 0 aromatic rings. The van der Waals surface area contributed by atoms with Gasteiger partial charge >= 0.3 is 0 Å². The van der Waals surface area contributed by atoms with Gasteiger partial charge in [0.15, 0.2) is 0 Å². The molecule has 2 unspecified atom stereocenters. The van der Waals surface area contributed by atoms with Crippen LogP contribution in [-0.2, 0) is 0 Å². The first kappa shape index (κ1) is 16.3. The second-order valence-corrected chi connectivity index (χ2v) is 3.40. The summed E-state index contributed by atoms with van der Waals surface area (Å²) in [5, 5.41) is 22.7. The highest BCUT2D eigenvalue weighted by atomic mass is 16.3. The molecule has 0 aliphatic heterocycles. The topological polar surface area (TPSA) is 64.5 Å². The second kappa shape index (κ2) is 12.8. The summed E-state index contributed by atoms with van der Waals surface area (Å²) in [6.45, 7) is 4.64. The normalized spacial score (nSPS) is 14.1. The van der Waals surface area contributed by atoms with Crippen LogP contribution in [0.15, 0.2) is 0 Å². The van der Waals surface area contributed by atoms with E-state index < -0.39 is 0 Å². The number of aliphatic hydroxyl groups excluding tert-OH is 2. The summed E-state index contributed by atoms with van der Waals surface area (Å²) in [5.41, 5.74) is 0. The molecule has 0 rings (SSSR count). The van der Waals surface area contributed by atoms with Crippen LogP contribution in [-0.4, -0.2) is 49.6 Å². The molecule has 2 atom stereocenters. The first-order valence-corrected chi connectivity index (χ1v) is 5.18.